The Morgan fingerprint density at radius 2 is 2.20 bits per heavy atom. The minimum atomic E-state index is -4.13. The first-order valence-electron chi connectivity index (χ1n) is 5.03. The van der Waals surface area contributed by atoms with Gasteiger partial charge >= 0.3 is 6.18 Å². The van der Waals surface area contributed by atoms with Crippen LogP contribution in [0, 0.1) is 0 Å². The van der Waals surface area contributed by atoms with Crippen molar-refractivity contribution in [2.75, 3.05) is 13.1 Å². The summed E-state index contributed by atoms with van der Waals surface area (Å²) in [5, 5.41) is 2.95. The van der Waals surface area contributed by atoms with Crippen LogP contribution in [0.4, 0.5) is 13.2 Å². The van der Waals surface area contributed by atoms with E-state index in [2.05, 4.69) is 5.32 Å². The predicted octanol–water partition coefficient (Wildman–Crippen LogP) is 1.50. The average Bonchev–Trinajstić information content (AvgIpc) is 2.46. The molecule has 88 valence electrons. The van der Waals surface area contributed by atoms with E-state index < -0.39 is 12.6 Å². The second-order valence-corrected chi connectivity index (χ2v) is 3.61. The second-order valence-electron chi connectivity index (χ2n) is 3.61. The first kappa shape index (κ1) is 12.3. The maximum atomic E-state index is 11.9. The number of carbonyl (C=O) groups excluding carboxylic acids is 1. The van der Waals surface area contributed by atoms with E-state index in [1.807, 2.05) is 6.92 Å². The van der Waals surface area contributed by atoms with Crippen molar-refractivity contribution in [3.63, 3.8) is 0 Å². The van der Waals surface area contributed by atoms with Crippen LogP contribution in [0.15, 0.2) is 0 Å². The van der Waals surface area contributed by atoms with E-state index in [0.717, 1.165) is 6.42 Å². The second kappa shape index (κ2) is 4.83. The highest BCUT2D eigenvalue weighted by Gasteiger charge is 2.31. The maximum absolute atomic E-state index is 11.9. The van der Waals surface area contributed by atoms with E-state index in [1.54, 1.807) is 0 Å². The average molecular weight is 224 g/mol. The van der Waals surface area contributed by atoms with Crippen molar-refractivity contribution in [1.29, 1.82) is 0 Å². The normalized spacial score (nSPS) is 22.5. The predicted molar refractivity (Wildman–Crippen MR) is 49.1 cm³/mol. The molecule has 1 unspecified atom stereocenters. The van der Waals surface area contributed by atoms with E-state index >= 15 is 0 Å². The first-order chi connectivity index (χ1) is 6.94. The molecule has 1 atom stereocenters. The Hall–Kier alpha value is -0.780. The van der Waals surface area contributed by atoms with E-state index in [1.165, 1.54) is 4.90 Å². The van der Waals surface area contributed by atoms with Gasteiger partial charge in [0.2, 0.25) is 5.91 Å². The molecule has 0 saturated carbocycles. The highest BCUT2D eigenvalue weighted by atomic mass is 19.4. The van der Waals surface area contributed by atoms with E-state index in [4.69, 9.17) is 0 Å². The molecule has 1 rings (SSSR count). The fourth-order valence-corrected chi connectivity index (χ4v) is 1.69. The molecule has 15 heavy (non-hydrogen) atoms. The molecular formula is C9H15F3N2O. The Morgan fingerprint density at radius 1 is 1.53 bits per heavy atom. The third-order valence-corrected chi connectivity index (χ3v) is 2.43. The Morgan fingerprint density at radius 3 is 2.73 bits per heavy atom. The monoisotopic (exact) mass is 224 g/mol. The molecule has 1 fully saturated rings. The van der Waals surface area contributed by atoms with Gasteiger partial charge in [0.05, 0.1) is 12.7 Å². The molecule has 1 aliphatic heterocycles. The Kier molecular flexibility index (Phi) is 3.96. The van der Waals surface area contributed by atoms with Gasteiger partial charge in [-0.1, -0.05) is 6.92 Å². The molecule has 1 heterocycles. The van der Waals surface area contributed by atoms with Crippen molar-refractivity contribution in [1.82, 2.24) is 10.2 Å². The fraction of sp³-hybridized carbons (Fsp3) is 0.889. The molecule has 1 N–H and O–H groups in total. The number of nitrogens with one attached hydrogen (secondary N) is 1. The van der Waals surface area contributed by atoms with Gasteiger partial charge < -0.3 is 4.90 Å². The number of amides is 1. The fourth-order valence-electron chi connectivity index (χ4n) is 1.69. The van der Waals surface area contributed by atoms with Crippen LogP contribution < -0.4 is 5.32 Å². The van der Waals surface area contributed by atoms with E-state index in [9.17, 15) is 18.0 Å². The van der Waals surface area contributed by atoms with Crippen molar-refractivity contribution < 1.29 is 18.0 Å². The first-order valence-corrected chi connectivity index (χ1v) is 5.03. The minimum Gasteiger partial charge on any atom is -0.326 e. The summed E-state index contributed by atoms with van der Waals surface area (Å²) in [5.74, 6) is -0.107. The van der Waals surface area contributed by atoms with Crippen LogP contribution in [-0.2, 0) is 4.79 Å². The molecule has 3 nitrogen and oxygen atoms in total. The van der Waals surface area contributed by atoms with Crippen LogP contribution in [0.2, 0.25) is 0 Å². The number of rotatable bonds is 4. The molecule has 6 heteroatoms. The molecule has 0 spiro atoms. The lowest BCUT2D eigenvalue weighted by atomic mass is 10.2. The third kappa shape index (κ3) is 3.70. The number of halogens is 3. The summed E-state index contributed by atoms with van der Waals surface area (Å²) in [6.07, 6.45) is -4.35. The third-order valence-electron chi connectivity index (χ3n) is 2.43. The lowest BCUT2D eigenvalue weighted by Gasteiger charge is -2.23. The SMILES string of the molecule is CCC1NCC(=O)N1CCCC(F)(F)F. The summed E-state index contributed by atoms with van der Waals surface area (Å²) in [7, 11) is 0. The molecule has 0 aromatic carbocycles. The zero-order valence-electron chi connectivity index (χ0n) is 8.60. The van der Waals surface area contributed by atoms with Crippen LogP contribution in [0.1, 0.15) is 26.2 Å². The topological polar surface area (TPSA) is 32.3 Å². The minimum absolute atomic E-state index is 0.0204. The van der Waals surface area contributed by atoms with Gasteiger partial charge in [-0.2, -0.15) is 13.2 Å². The molecule has 0 radical (unpaired) electrons. The zero-order valence-corrected chi connectivity index (χ0v) is 8.60. The van der Waals surface area contributed by atoms with Gasteiger partial charge in [-0.15, -0.1) is 0 Å². The van der Waals surface area contributed by atoms with Crippen molar-refractivity contribution in [3.05, 3.63) is 0 Å². The highest BCUT2D eigenvalue weighted by molar-refractivity contribution is 5.80. The van der Waals surface area contributed by atoms with Crippen LogP contribution in [0.25, 0.3) is 0 Å². The van der Waals surface area contributed by atoms with Crippen molar-refractivity contribution in [3.8, 4) is 0 Å². The van der Waals surface area contributed by atoms with E-state index in [0.29, 0.717) is 0 Å². The standard InChI is InChI=1S/C9H15F3N2O/c1-2-7-13-6-8(15)14(7)5-3-4-9(10,11)12/h7,13H,2-6H2,1H3. The molecule has 1 amide bonds. The molecule has 0 bridgehead atoms. The smallest absolute Gasteiger partial charge is 0.326 e. The van der Waals surface area contributed by atoms with Gasteiger partial charge in [0, 0.05) is 13.0 Å². The highest BCUT2D eigenvalue weighted by Crippen LogP contribution is 2.22. The Balaban J connectivity index is 2.33. The number of carbonyl (C=O) groups is 1. The molecule has 1 saturated heterocycles. The summed E-state index contributed by atoms with van der Waals surface area (Å²) >= 11 is 0. The van der Waals surface area contributed by atoms with Crippen molar-refractivity contribution in [2.45, 2.75) is 38.5 Å². The molecule has 0 aromatic heterocycles. The molecule has 0 aromatic rings. The van der Waals surface area contributed by atoms with Gasteiger partial charge in [-0.3, -0.25) is 10.1 Å². The summed E-state index contributed by atoms with van der Waals surface area (Å²) in [6.45, 7) is 2.32. The van der Waals surface area contributed by atoms with Crippen LogP contribution in [0.3, 0.4) is 0 Å². The van der Waals surface area contributed by atoms with Gasteiger partial charge in [-0.25, -0.2) is 0 Å². The molecule has 0 aliphatic carbocycles. The van der Waals surface area contributed by atoms with Crippen LogP contribution in [-0.4, -0.2) is 36.2 Å². The number of alkyl halides is 3. The zero-order chi connectivity index (χ0) is 11.5. The maximum Gasteiger partial charge on any atom is 0.389 e. The number of hydrogen-bond donors (Lipinski definition) is 1. The molecular weight excluding hydrogens is 209 g/mol. The van der Waals surface area contributed by atoms with Crippen molar-refractivity contribution >= 4 is 5.91 Å². The van der Waals surface area contributed by atoms with Crippen LogP contribution in [0.5, 0.6) is 0 Å². The summed E-state index contributed by atoms with van der Waals surface area (Å²) < 4.78 is 35.7. The largest absolute Gasteiger partial charge is 0.389 e. The van der Waals surface area contributed by atoms with Crippen LogP contribution >= 0.6 is 0 Å². The Bertz CT molecular complexity index is 230. The van der Waals surface area contributed by atoms with Gasteiger partial charge in [0.1, 0.15) is 0 Å². The number of hydrogen-bond acceptors (Lipinski definition) is 2. The summed E-state index contributed by atoms with van der Waals surface area (Å²) in [6, 6.07) is 0. The van der Waals surface area contributed by atoms with Gasteiger partial charge in [0.15, 0.2) is 0 Å². The lowest BCUT2D eigenvalue weighted by molar-refractivity contribution is -0.139. The summed E-state index contributed by atoms with van der Waals surface area (Å²) in [4.78, 5) is 12.8. The quantitative estimate of drug-likeness (QED) is 0.784. The van der Waals surface area contributed by atoms with E-state index in [-0.39, 0.29) is 31.6 Å². The summed E-state index contributed by atoms with van der Waals surface area (Å²) in [5.41, 5.74) is 0. The lowest BCUT2D eigenvalue weighted by Crippen LogP contribution is -2.37. The Labute approximate surface area is 86.6 Å². The van der Waals surface area contributed by atoms with Gasteiger partial charge in [-0.05, 0) is 12.8 Å². The number of nitrogens with zero attached hydrogens (tertiary/aromatic N) is 1. The molecule has 1 aliphatic rings. The van der Waals surface area contributed by atoms with Gasteiger partial charge in [0.25, 0.3) is 0 Å². The van der Waals surface area contributed by atoms with Crippen molar-refractivity contribution in [2.24, 2.45) is 0 Å².